The predicted molar refractivity (Wildman–Crippen MR) is 65.1 cm³/mol. The SMILES string of the molecule is O=C1NC(=O)C2(CCC(O)CC2)c2ccccc21. The number of rotatable bonds is 0. The van der Waals surface area contributed by atoms with Crippen LogP contribution in [0.4, 0.5) is 0 Å². The number of aliphatic hydroxyl groups is 1. The first kappa shape index (κ1) is 11.4. The van der Waals surface area contributed by atoms with Crippen LogP contribution in [0.25, 0.3) is 0 Å². The van der Waals surface area contributed by atoms with E-state index in [1.807, 2.05) is 12.1 Å². The summed E-state index contributed by atoms with van der Waals surface area (Å²) in [6.45, 7) is 0. The first-order chi connectivity index (χ1) is 8.63. The third-order valence-electron chi connectivity index (χ3n) is 4.16. The minimum Gasteiger partial charge on any atom is -0.393 e. The van der Waals surface area contributed by atoms with Crippen molar-refractivity contribution in [2.75, 3.05) is 0 Å². The smallest absolute Gasteiger partial charge is 0.258 e. The van der Waals surface area contributed by atoms with Crippen molar-refractivity contribution in [1.29, 1.82) is 0 Å². The molecule has 1 aromatic carbocycles. The van der Waals surface area contributed by atoms with E-state index in [0.717, 1.165) is 5.56 Å². The van der Waals surface area contributed by atoms with Gasteiger partial charge in [-0.3, -0.25) is 14.9 Å². The molecule has 0 atom stereocenters. The lowest BCUT2D eigenvalue weighted by Crippen LogP contribution is -2.53. The van der Waals surface area contributed by atoms with E-state index in [1.54, 1.807) is 12.1 Å². The normalized spacial score (nSPS) is 31.1. The number of carbonyl (C=O) groups excluding carboxylic acids is 2. The lowest BCUT2D eigenvalue weighted by Gasteiger charge is -2.41. The molecule has 3 rings (SSSR count). The zero-order chi connectivity index (χ0) is 12.8. The maximum absolute atomic E-state index is 12.2. The minimum atomic E-state index is -0.621. The maximum atomic E-state index is 12.2. The lowest BCUT2D eigenvalue weighted by atomic mass is 9.65. The van der Waals surface area contributed by atoms with Gasteiger partial charge in [0.15, 0.2) is 0 Å². The van der Waals surface area contributed by atoms with E-state index in [1.165, 1.54) is 0 Å². The number of carbonyl (C=O) groups is 2. The van der Waals surface area contributed by atoms with Crippen molar-refractivity contribution in [2.24, 2.45) is 0 Å². The Hall–Kier alpha value is -1.68. The number of hydrogen-bond acceptors (Lipinski definition) is 3. The zero-order valence-electron chi connectivity index (χ0n) is 9.98. The number of hydrogen-bond donors (Lipinski definition) is 2. The van der Waals surface area contributed by atoms with Gasteiger partial charge in [0, 0.05) is 5.56 Å². The molecule has 1 aliphatic carbocycles. The average molecular weight is 245 g/mol. The molecule has 1 heterocycles. The van der Waals surface area contributed by atoms with E-state index in [2.05, 4.69) is 5.32 Å². The molecule has 1 spiro atoms. The quantitative estimate of drug-likeness (QED) is 0.673. The van der Waals surface area contributed by atoms with Crippen LogP contribution in [0, 0.1) is 0 Å². The molecular formula is C14H15NO3. The monoisotopic (exact) mass is 245 g/mol. The number of imide groups is 1. The van der Waals surface area contributed by atoms with Crippen molar-refractivity contribution in [3.05, 3.63) is 35.4 Å². The van der Waals surface area contributed by atoms with E-state index in [0.29, 0.717) is 31.2 Å². The molecule has 0 saturated heterocycles. The van der Waals surface area contributed by atoms with E-state index < -0.39 is 5.41 Å². The largest absolute Gasteiger partial charge is 0.393 e. The Labute approximate surface area is 105 Å². The first-order valence-corrected chi connectivity index (χ1v) is 6.27. The van der Waals surface area contributed by atoms with Gasteiger partial charge in [-0.2, -0.15) is 0 Å². The third kappa shape index (κ3) is 1.49. The molecule has 18 heavy (non-hydrogen) atoms. The molecule has 1 fully saturated rings. The number of fused-ring (bicyclic) bond motifs is 2. The molecule has 1 aromatic rings. The highest BCUT2D eigenvalue weighted by Gasteiger charge is 2.48. The second-order valence-corrected chi connectivity index (χ2v) is 5.14. The van der Waals surface area contributed by atoms with Gasteiger partial charge in [-0.25, -0.2) is 0 Å². The summed E-state index contributed by atoms with van der Waals surface area (Å²) in [6, 6.07) is 7.28. The fraction of sp³-hybridized carbons (Fsp3) is 0.429. The highest BCUT2D eigenvalue weighted by molar-refractivity contribution is 6.13. The van der Waals surface area contributed by atoms with Gasteiger partial charge in [-0.05, 0) is 37.3 Å². The third-order valence-corrected chi connectivity index (χ3v) is 4.16. The fourth-order valence-electron chi connectivity index (χ4n) is 3.10. The van der Waals surface area contributed by atoms with Crippen LogP contribution in [0.5, 0.6) is 0 Å². The highest BCUT2D eigenvalue weighted by atomic mass is 16.3. The molecule has 2 aliphatic rings. The summed E-state index contributed by atoms with van der Waals surface area (Å²) in [5.41, 5.74) is 0.795. The molecule has 2 N–H and O–H groups in total. The van der Waals surface area contributed by atoms with Crippen LogP contribution in [0.2, 0.25) is 0 Å². The second kappa shape index (κ2) is 3.92. The molecule has 2 amide bonds. The molecule has 0 aromatic heterocycles. The molecule has 4 nitrogen and oxygen atoms in total. The van der Waals surface area contributed by atoms with Crippen LogP contribution in [0.3, 0.4) is 0 Å². The molecular weight excluding hydrogens is 230 g/mol. The highest BCUT2D eigenvalue weighted by Crippen LogP contribution is 2.43. The Bertz CT molecular complexity index is 516. The molecule has 0 unspecified atom stereocenters. The molecule has 4 heteroatoms. The topological polar surface area (TPSA) is 66.4 Å². The number of nitrogens with one attached hydrogen (secondary N) is 1. The Kier molecular flexibility index (Phi) is 2.48. The Balaban J connectivity index is 2.12. The summed E-state index contributed by atoms with van der Waals surface area (Å²) in [4.78, 5) is 24.0. The van der Waals surface area contributed by atoms with Crippen molar-refractivity contribution < 1.29 is 14.7 Å². The summed E-state index contributed by atoms with van der Waals surface area (Å²) < 4.78 is 0. The molecule has 0 bridgehead atoms. The summed E-state index contributed by atoms with van der Waals surface area (Å²) in [5.74, 6) is -0.523. The Morgan fingerprint density at radius 3 is 2.56 bits per heavy atom. The van der Waals surface area contributed by atoms with Crippen molar-refractivity contribution in [2.45, 2.75) is 37.2 Å². The summed E-state index contributed by atoms with van der Waals surface area (Å²) >= 11 is 0. The summed E-state index contributed by atoms with van der Waals surface area (Å²) in [7, 11) is 0. The van der Waals surface area contributed by atoms with Crippen LogP contribution in [-0.4, -0.2) is 23.0 Å². The number of amides is 2. The van der Waals surface area contributed by atoms with Crippen molar-refractivity contribution in [1.82, 2.24) is 5.32 Å². The summed E-state index contributed by atoms with van der Waals surface area (Å²) in [5, 5.41) is 12.1. The van der Waals surface area contributed by atoms with Gasteiger partial charge in [0.2, 0.25) is 5.91 Å². The first-order valence-electron chi connectivity index (χ1n) is 6.27. The van der Waals surface area contributed by atoms with E-state index in [4.69, 9.17) is 0 Å². The van der Waals surface area contributed by atoms with Crippen molar-refractivity contribution in [3.63, 3.8) is 0 Å². The number of aliphatic hydroxyl groups excluding tert-OH is 1. The lowest BCUT2D eigenvalue weighted by molar-refractivity contribution is -0.128. The maximum Gasteiger partial charge on any atom is 0.258 e. The Morgan fingerprint density at radius 2 is 1.83 bits per heavy atom. The second-order valence-electron chi connectivity index (χ2n) is 5.14. The van der Waals surface area contributed by atoms with Crippen molar-refractivity contribution >= 4 is 11.8 Å². The van der Waals surface area contributed by atoms with E-state index in [9.17, 15) is 14.7 Å². The van der Waals surface area contributed by atoms with Crippen LogP contribution in [-0.2, 0) is 10.2 Å². The number of benzene rings is 1. The van der Waals surface area contributed by atoms with Crippen molar-refractivity contribution in [3.8, 4) is 0 Å². The Morgan fingerprint density at radius 1 is 1.17 bits per heavy atom. The summed E-state index contributed by atoms with van der Waals surface area (Å²) in [6.07, 6.45) is 2.09. The van der Waals surface area contributed by atoms with Gasteiger partial charge in [-0.1, -0.05) is 18.2 Å². The zero-order valence-corrected chi connectivity index (χ0v) is 9.98. The van der Waals surface area contributed by atoms with Gasteiger partial charge in [0.05, 0.1) is 11.5 Å². The van der Waals surface area contributed by atoms with Gasteiger partial charge in [0.1, 0.15) is 0 Å². The van der Waals surface area contributed by atoms with Crippen LogP contribution < -0.4 is 5.32 Å². The molecule has 1 aliphatic heterocycles. The molecule has 0 radical (unpaired) electrons. The molecule has 94 valence electrons. The van der Waals surface area contributed by atoms with Crippen LogP contribution in [0.1, 0.15) is 41.6 Å². The van der Waals surface area contributed by atoms with Crippen LogP contribution >= 0.6 is 0 Å². The molecule has 1 saturated carbocycles. The van der Waals surface area contributed by atoms with E-state index in [-0.39, 0.29) is 17.9 Å². The van der Waals surface area contributed by atoms with Crippen LogP contribution in [0.15, 0.2) is 24.3 Å². The average Bonchev–Trinajstić information content (AvgIpc) is 2.39. The predicted octanol–water partition coefficient (Wildman–Crippen LogP) is 1.13. The fourth-order valence-corrected chi connectivity index (χ4v) is 3.10. The minimum absolute atomic E-state index is 0.210. The van der Waals surface area contributed by atoms with Gasteiger partial charge < -0.3 is 5.11 Å². The van der Waals surface area contributed by atoms with Gasteiger partial charge in [0.25, 0.3) is 5.91 Å². The van der Waals surface area contributed by atoms with Gasteiger partial charge >= 0.3 is 0 Å². The van der Waals surface area contributed by atoms with Gasteiger partial charge in [-0.15, -0.1) is 0 Å². The van der Waals surface area contributed by atoms with E-state index >= 15 is 0 Å². The standard InChI is InChI=1S/C14H15NO3/c16-9-5-7-14(8-6-9)11-4-2-1-3-10(11)12(17)15-13(14)18/h1-4,9,16H,5-8H2,(H,15,17,18).